The van der Waals surface area contributed by atoms with Crippen LogP contribution >= 0.6 is 11.3 Å². The molecule has 0 spiro atoms. The fourth-order valence-electron chi connectivity index (χ4n) is 2.00. The Hall–Kier alpha value is -2.34. The van der Waals surface area contributed by atoms with Crippen LogP contribution < -0.4 is 15.4 Å². The maximum Gasteiger partial charge on any atom is 0.261 e. The number of nitrogens with one attached hydrogen (secondary N) is 2. The van der Waals surface area contributed by atoms with Gasteiger partial charge >= 0.3 is 0 Å². The van der Waals surface area contributed by atoms with E-state index in [1.807, 2.05) is 35.7 Å². The zero-order valence-corrected chi connectivity index (χ0v) is 13.8. The third kappa shape index (κ3) is 5.75. The number of hydrogen-bond donors (Lipinski definition) is 2. The van der Waals surface area contributed by atoms with Crippen molar-refractivity contribution in [1.29, 1.82) is 0 Å². The van der Waals surface area contributed by atoms with Crippen LogP contribution in [0.5, 0.6) is 5.75 Å². The van der Waals surface area contributed by atoms with Crippen LogP contribution in [0.1, 0.15) is 21.7 Å². The molecule has 2 rings (SSSR count). The van der Waals surface area contributed by atoms with Gasteiger partial charge in [-0.3, -0.25) is 9.59 Å². The standard InChI is InChI=1S/C17H20N2O3S/c1-22-14-7-5-13(6-8-14)12-16(20)18-9-3-10-19-17(21)15-4-2-11-23-15/h2,4-8,11H,3,9-10,12H2,1H3,(H,18,20)(H,19,21). The van der Waals surface area contributed by atoms with Crippen LogP contribution in [0.25, 0.3) is 0 Å². The second kappa shape index (κ2) is 8.95. The predicted molar refractivity (Wildman–Crippen MR) is 91.0 cm³/mol. The fourth-order valence-corrected chi connectivity index (χ4v) is 2.64. The Kier molecular flexibility index (Phi) is 6.62. The maximum atomic E-state index is 11.8. The highest BCUT2D eigenvalue weighted by Gasteiger charge is 2.06. The molecular weight excluding hydrogens is 312 g/mol. The van der Waals surface area contributed by atoms with Crippen LogP contribution in [-0.2, 0) is 11.2 Å². The summed E-state index contributed by atoms with van der Waals surface area (Å²) in [6.07, 6.45) is 1.04. The Labute approximate surface area is 139 Å². The van der Waals surface area contributed by atoms with Crippen LogP contribution in [0.4, 0.5) is 0 Å². The van der Waals surface area contributed by atoms with Gasteiger partial charge in [-0.15, -0.1) is 11.3 Å². The van der Waals surface area contributed by atoms with E-state index in [1.165, 1.54) is 11.3 Å². The van der Waals surface area contributed by atoms with Gasteiger partial charge in [0, 0.05) is 13.1 Å². The molecule has 1 heterocycles. The Morgan fingerprint density at radius 2 is 1.83 bits per heavy atom. The summed E-state index contributed by atoms with van der Waals surface area (Å²) in [5.41, 5.74) is 0.939. The van der Waals surface area contributed by atoms with Crippen LogP contribution in [0.2, 0.25) is 0 Å². The second-order valence-corrected chi connectivity index (χ2v) is 5.91. The van der Waals surface area contributed by atoms with E-state index in [-0.39, 0.29) is 11.8 Å². The van der Waals surface area contributed by atoms with E-state index in [0.717, 1.165) is 11.3 Å². The molecular formula is C17H20N2O3S. The number of ether oxygens (including phenoxy) is 1. The summed E-state index contributed by atoms with van der Waals surface area (Å²) in [7, 11) is 1.61. The number of methoxy groups -OCH3 is 1. The molecule has 0 aliphatic heterocycles. The zero-order valence-electron chi connectivity index (χ0n) is 13.0. The van der Waals surface area contributed by atoms with Crippen molar-refractivity contribution in [3.8, 4) is 5.75 Å². The molecule has 0 saturated carbocycles. The van der Waals surface area contributed by atoms with Crippen LogP contribution in [0, 0.1) is 0 Å². The molecule has 5 nitrogen and oxygen atoms in total. The summed E-state index contributed by atoms with van der Waals surface area (Å²) in [4.78, 5) is 24.2. The third-order valence-electron chi connectivity index (χ3n) is 3.23. The van der Waals surface area contributed by atoms with Crippen molar-refractivity contribution in [2.24, 2.45) is 0 Å². The lowest BCUT2D eigenvalue weighted by Crippen LogP contribution is -2.30. The topological polar surface area (TPSA) is 67.4 Å². The molecule has 23 heavy (non-hydrogen) atoms. The molecule has 0 bridgehead atoms. The van der Waals surface area contributed by atoms with Gasteiger partial charge in [-0.1, -0.05) is 18.2 Å². The lowest BCUT2D eigenvalue weighted by Gasteiger charge is -2.07. The number of hydrogen-bond acceptors (Lipinski definition) is 4. The number of carbonyl (C=O) groups is 2. The van der Waals surface area contributed by atoms with Crippen molar-refractivity contribution in [2.45, 2.75) is 12.8 Å². The quantitative estimate of drug-likeness (QED) is 0.729. The van der Waals surface area contributed by atoms with Crippen molar-refractivity contribution < 1.29 is 14.3 Å². The number of benzene rings is 1. The van der Waals surface area contributed by atoms with Gasteiger partial charge in [0.2, 0.25) is 5.91 Å². The van der Waals surface area contributed by atoms with Gasteiger partial charge in [0.15, 0.2) is 0 Å². The molecule has 1 aromatic heterocycles. The molecule has 0 unspecified atom stereocenters. The molecule has 0 aliphatic carbocycles. The first kappa shape index (κ1) is 17.0. The number of rotatable bonds is 8. The molecule has 2 amide bonds. The van der Waals surface area contributed by atoms with E-state index >= 15 is 0 Å². The summed E-state index contributed by atoms with van der Waals surface area (Å²) in [6.45, 7) is 1.08. The minimum Gasteiger partial charge on any atom is -0.497 e. The average molecular weight is 332 g/mol. The normalized spacial score (nSPS) is 10.1. The van der Waals surface area contributed by atoms with Crippen molar-refractivity contribution in [3.05, 3.63) is 52.2 Å². The molecule has 6 heteroatoms. The largest absolute Gasteiger partial charge is 0.497 e. The molecule has 2 aromatic rings. The van der Waals surface area contributed by atoms with Crippen LogP contribution in [0.3, 0.4) is 0 Å². The minimum absolute atomic E-state index is 0.0280. The lowest BCUT2D eigenvalue weighted by atomic mass is 10.1. The summed E-state index contributed by atoms with van der Waals surface area (Å²) in [5, 5.41) is 7.55. The van der Waals surface area contributed by atoms with E-state index < -0.39 is 0 Å². The van der Waals surface area contributed by atoms with E-state index in [4.69, 9.17) is 4.74 Å². The first-order valence-corrected chi connectivity index (χ1v) is 8.28. The molecule has 0 aliphatic rings. The monoisotopic (exact) mass is 332 g/mol. The van der Waals surface area contributed by atoms with Gasteiger partial charge in [-0.05, 0) is 35.6 Å². The van der Waals surface area contributed by atoms with Gasteiger partial charge in [0.05, 0.1) is 18.4 Å². The maximum absolute atomic E-state index is 11.8. The van der Waals surface area contributed by atoms with Crippen LogP contribution in [0.15, 0.2) is 41.8 Å². The Morgan fingerprint density at radius 3 is 2.48 bits per heavy atom. The first-order chi connectivity index (χ1) is 11.2. The van der Waals surface area contributed by atoms with Crippen molar-refractivity contribution in [1.82, 2.24) is 10.6 Å². The molecule has 2 N–H and O–H groups in total. The molecule has 0 fully saturated rings. The van der Waals surface area contributed by atoms with E-state index in [1.54, 1.807) is 13.2 Å². The zero-order chi connectivity index (χ0) is 16.5. The number of thiophene rings is 1. The molecule has 0 radical (unpaired) electrons. The van der Waals surface area contributed by atoms with Gasteiger partial charge in [-0.25, -0.2) is 0 Å². The lowest BCUT2D eigenvalue weighted by molar-refractivity contribution is -0.120. The van der Waals surface area contributed by atoms with E-state index in [9.17, 15) is 9.59 Å². The highest BCUT2D eigenvalue weighted by molar-refractivity contribution is 7.12. The van der Waals surface area contributed by atoms with Gasteiger partial charge in [-0.2, -0.15) is 0 Å². The van der Waals surface area contributed by atoms with E-state index in [0.29, 0.717) is 30.8 Å². The first-order valence-electron chi connectivity index (χ1n) is 7.40. The Bertz CT molecular complexity index is 624. The van der Waals surface area contributed by atoms with Crippen LogP contribution in [-0.4, -0.2) is 32.0 Å². The summed E-state index contributed by atoms with van der Waals surface area (Å²) < 4.78 is 5.08. The van der Waals surface area contributed by atoms with Gasteiger partial charge < -0.3 is 15.4 Å². The average Bonchev–Trinajstić information content (AvgIpc) is 3.09. The smallest absolute Gasteiger partial charge is 0.261 e. The van der Waals surface area contributed by atoms with Crippen molar-refractivity contribution in [3.63, 3.8) is 0 Å². The third-order valence-corrected chi connectivity index (χ3v) is 4.10. The summed E-state index contributed by atoms with van der Waals surface area (Å²) in [5.74, 6) is 0.681. The Balaban J connectivity index is 1.60. The summed E-state index contributed by atoms with van der Waals surface area (Å²) in [6, 6.07) is 11.1. The van der Waals surface area contributed by atoms with E-state index in [2.05, 4.69) is 10.6 Å². The molecule has 0 atom stereocenters. The highest BCUT2D eigenvalue weighted by atomic mass is 32.1. The number of carbonyl (C=O) groups excluding carboxylic acids is 2. The fraction of sp³-hybridized carbons (Fsp3) is 0.294. The molecule has 1 aromatic carbocycles. The summed E-state index contributed by atoms with van der Waals surface area (Å²) >= 11 is 1.41. The minimum atomic E-state index is -0.0652. The predicted octanol–water partition coefficient (Wildman–Crippen LogP) is 2.24. The molecule has 0 saturated heterocycles. The van der Waals surface area contributed by atoms with Crippen molar-refractivity contribution in [2.75, 3.05) is 20.2 Å². The highest BCUT2D eigenvalue weighted by Crippen LogP contribution is 2.11. The second-order valence-electron chi connectivity index (χ2n) is 4.96. The Morgan fingerprint density at radius 1 is 1.09 bits per heavy atom. The number of amides is 2. The van der Waals surface area contributed by atoms with Gasteiger partial charge in [0.25, 0.3) is 5.91 Å². The SMILES string of the molecule is COc1ccc(CC(=O)NCCCNC(=O)c2cccs2)cc1. The van der Waals surface area contributed by atoms with Gasteiger partial charge in [0.1, 0.15) is 5.75 Å². The van der Waals surface area contributed by atoms with Crippen molar-refractivity contribution >= 4 is 23.2 Å². The molecule has 122 valence electrons.